The molecule has 2 heterocycles. The number of hydrogen-bond acceptors (Lipinski definition) is 2. The van der Waals surface area contributed by atoms with Crippen LogP contribution in [0.1, 0.15) is 5.56 Å². The van der Waals surface area contributed by atoms with Gasteiger partial charge in [0.25, 0.3) is 0 Å². The van der Waals surface area contributed by atoms with Gasteiger partial charge in [0, 0.05) is 16.3 Å². The van der Waals surface area contributed by atoms with Crippen LogP contribution in [0.2, 0.25) is 0 Å². The topological polar surface area (TPSA) is 22.4 Å². The van der Waals surface area contributed by atoms with Crippen molar-refractivity contribution in [1.82, 2.24) is 0 Å². The minimum absolute atomic E-state index is 0.647. The number of rotatable bonds is 0. The van der Waals surface area contributed by atoms with Crippen LogP contribution >= 0.6 is 0 Å². The highest BCUT2D eigenvalue weighted by Gasteiger charge is 2.12. The Labute approximate surface area is 98.1 Å². The van der Waals surface area contributed by atoms with Gasteiger partial charge in [0.1, 0.15) is 23.5 Å². The molecule has 1 aliphatic heterocycles. The lowest BCUT2D eigenvalue weighted by Gasteiger charge is -2.11. The molecule has 0 fully saturated rings. The quantitative estimate of drug-likeness (QED) is 0.573. The number of fused-ring (bicyclic) bond motifs is 4. The Hall–Kier alpha value is -2.22. The summed E-state index contributed by atoms with van der Waals surface area (Å²) in [5.41, 5.74) is 2.93. The standard InChI is InChI=1S/C15H10O2/c1-2-6-13-11(5-1)12-9-14-10(4-3-7-16-14)8-15(12)17-13/h1-6,8-9H,7H2. The Balaban J connectivity index is 2.16. The summed E-state index contributed by atoms with van der Waals surface area (Å²) in [6.45, 7) is 0.647. The van der Waals surface area contributed by atoms with E-state index in [1.807, 2.05) is 30.3 Å². The van der Waals surface area contributed by atoms with E-state index in [-0.39, 0.29) is 0 Å². The van der Waals surface area contributed by atoms with Gasteiger partial charge in [-0.3, -0.25) is 0 Å². The fourth-order valence-electron chi connectivity index (χ4n) is 2.34. The molecule has 3 aromatic rings. The van der Waals surface area contributed by atoms with Gasteiger partial charge in [-0.1, -0.05) is 24.3 Å². The summed E-state index contributed by atoms with van der Waals surface area (Å²) < 4.78 is 11.5. The average Bonchev–Trinajstić information content (AvgIpc) is 2.73. The van der Waals surface area contributed by atoms with E-state index in [4.69, 9.17) is 9.15 Å². The number of benzene rings is 2. The summed E-state index contributed by atoms with van der Waals surface area (Å²) in [6.07, 6.45) is 4.09. The SMILES string of the molecule is C1=Cc2cc3oc4ccccc4c3cc2OC1. The van der Waals surface area contributed by atoms with Gasteiger partial charge in [0.15, 0.2) is 0 Å². The van der Waals surface area contributed by atoms with E-state index in [1.54, 1.807) is 0 Å². The van der Waals surface area contributed by atoms with Gasteiger partial charge < -0.3 is 9.15 Å². The minimum Gasteiger partial charge on any atom is -0.489 e. The van der Waals surface area contributed by atoms with Crippen LogP contribution in [-0.4, -0.2) is 6.61 Å². The predicted octanol–water partition coefficient (Wildman–Crippen LogP) is 3.99. The van der Waals surface area contributed by atoms with Crippen molar-refractivity contribution in [3.05, 3.63) is 48.0 Å². The first-order valence-electron chi connectivity index (χ1n) is 5.66. The van der Waals surface area contributed by atoms with Gasteiger partial charge in [0.05, 0.1) is 0 Å². The Morgan fingerprint density at radius 3 is 2.88 bits per heavy atom. The summed E-state index contributed by atoms with van der Waals surface area (Å²) in [5.74, 6) is 0.937. The van der Waals surface area contributed by atoms with Crippen molar-refractivity contribution in [3.8, 4) is 5.75 Å². The van der Waals surface area contributed by atoms with Crippen LogP contribution < -0.4 is 4.74 Å². The summed E-state index contributed by atoms with van der Waals surface area (Å²) in [5, 5.41) is 2.26. The molecule has 0 saturated carbocycles. The first-order valence-corrected chi connectivity index (χ1v) is 5.66. The molecular weight excluding hydrogens is 212 g/mol. The Kier molecular flexibility index (Phi) is 1.64. The van der Waals surface area contributed by atoms with Crippen LogP contribution in [0.5, 0.6) is 5.75 Å². The molecule has 2 heteroatoms. The fraction of sp³-hybridized carbons (Fsp3) is 0.0667. The molecule has 2 aromatic carbocycles. The largest absolute Gasteiger partial charge is 0.489 e. The molecular formula is C15H10O2. The van der Waals surface area contributed by atoms with Gasteiger partial charge in [0.2, 0.25) is 0 Å². The van der Waals surface area contributed by atoms with Gasteiger partial charge in [-0.25, -0.2) is 0 Å². The van der Waals surface area contributed by atoms with Crippen molar-refractivity contribution in [3.63, 3.8) is 0 Å². The van der Waals surface area contributed by atoms with Crippen molar-refractivity contribution < 1.29 is 9.15 Å². The maximum atomic E-state index is 5.83. The van der Waals surface area contributed by atoms with E-state index in [9.17, 15) is 0 Å². The molecule has 0 unspecified atom stereocenters. The Bertz CT molecular complexity index is 750. The van der Waals surface area contributed by atoms with Crippen LogP contribution in [0.3, 0.4) is 0 Å². The third-order valence-corrected chi connectivity index (χ3v) is 3.14. The summed E-state index contributed by atoms with van der Waals surface area (Å²) in [7, 11) is 0. The molecule has 0 spiro atoms. The van der Waals surface area contributed by atoms with Crippen LogP contribution in [0.25, 0.3) is 28.0 Å². The average molecular weight is 222 g/mol. The highest BCUT2D eigenvalue weighted by molar-refractivity contribution is 6.06. The van der Waals surface area contributed by atoms with Crippen LogP contribution in [0, 0.1) is 0 Å². The number of para-hydroxylation sites is 1. The molecule has 0 N–H and O–H groups in total. The highest BCUT2D eigenvalue weighted by atomic mass is 16.5. The molecule has 2 nitrogen and oxygen atoms in total. The zero-order valence-electron chi connectivity index (χ0n) is 9.14. The Morgan fingerprint density at radius 2 is 1.88 bits per heavy atom. The van der Waals surface area contributed by atoms with Gasteiger partial charge >= 0.3 is 0 Å². The minimum atomic E-state index is 0.647. The zero-order chi connectivity index (χ0) is 11.2. The first-order chi connectivity index (χ1) is 8.42. The van der Waals surface area contributed by atoms with E-state index in [0.29, 0.717) is 6.61 Å². The molecule has 1 aromatic heterocycles. The second kappa shape index (κ2) is 3.14. The van der Waals surface area contributed by atoms with Crippen molar-refractivity contribution >= 4 is 28.0 Å². The van der Waals surface area contributed by atoms with Crippen LogP contribution in [0.4, 0.5) is 0 Å². The van der Waals surface area contributed by atoms with Crippen LogP contribution in [0.15, 0.2) is 46.9 Å². The van der Waals surface area contributed by atoms with Gasteiger partial charge in [-0.2, -0.15) is 0 Å². The van der Waals surface area contributed by atoms with Crippen molar-refractivity contribution in [2.45, 2.75) is 0 Å². The first kappa shape index (κ1) is 8.88. The third kappa shape index (κ3) is 1.21. The number of hydrogen-bond donors (Lipinski definition) is 0. The normalized spacial score (nSPS) is 13.9. The predicted molar refractivity (Wildman–Crippen MR) is 68.2 cm³/mol. The highest BCUT2D eigenvalue weighted by Crippen LogP contribution is 2.35. The molecule has 0 radical (unpaired) electrons. The molecule has 82 valence electrons. The fourth-order valence-corrected chi connectivity index (χ4v) is 2.34. The Morgan fingerprint density at radius 1 is 0.941 bits per heavy atom. The molecule has 0 aliphatic carbocycles. The smallest absolute Gasteiger partial charge is 0.136 e. The summed E-state index contributed by atoms with van der Waals surface area (Å²) >= 11 is 0. The van der Waals surface area contributed by atoms with E-state index in [1.165, 1.54) is 0 Å². The van der Waals surface area contributed by atoms with E-state index in [2.05, 4.69) is 18.2 Å². The van der Waals surface area contributed by atoms with Gasteiger partial charge in [-0.15, -0.1) is 0 Å². The van der Waals surface area contributed by atoms with E-state index >= 15 is 0 Å². The molecule has 0 atom stereocenters. The molecule has 0 bridgehead atoms. The van der Waals surface area contributed by atoms with Crippen molar-refractivity contribution in [2.75, 3.05) is 6.61 Å². The number of furan rings is 1. The van der Waals surface area contributed by atoms with Crippen molar-refractivity contribution in [1.29, 1.82) is 0 Å². The number of ether oxygens (including phenoxy) is 1. The summed E-state index contributed by atoms with van der Waals surface area (Å²) in [6, 6.07) is 12.2. The monoisotopic (exact) mass is 222 g/mol. The van der Waals surface area contributed by atoms with E-state index < -0.39 is 0 Å². The molecule has 1 aliphatic rings. The molecule has 4 rings (SSSR count). The second-order valence-corrected chi connectivity index (χ2v) is 4.20. The van der Waals surface area contributed by atoms with Crippen molar-refractivity contribution in [2.24, 2.45) is 0 Å². The lowest BCUT2D eigenvalue weighted by atomic mass is 10.1. The molecule has 17 heavy (non-hydrogen) atoms. The second-order valence-electron chi connectivity index (χ2n) is 4.20. The maximum Gasteiger partial charge on any atom is 0.136 e. The van der Waals surface area contributed by atoms with Crippen LogP contribution in [-0.2, 0) is 0 Å². The van der Waals surface area contributed by atoms with E-state index in [0.717, 1.165) is 33.3 Å². The maximum absolute atomic E-state index is 5.83. The molecule has 0 saturated heterocycles. The summed E-state index contributed by atoms with van der Waals surface area (Å²) in [4.78, 5) is 0. The molecule has 0 amide bonds. The van der Waals surface area contributed by atoms with Gasteiger partial charge in [-0.05, 0) is 24.3 Å². The third-order valence-electron chi connectivity index (χ3n) is 3.14. The zero-order valence-corrected chi connectivity index (χ0v) is 9.14. The lowest BCUT2D eigenvalue weighted by molar-refractivity contribution is 0.359. The lowest BCUT2D eigenvalue weighted by Crippen LogP contribution is -1.99.